The van der Waals surface area contributed by atoms with Gasteiger partial charge in [0.2, 0.25) is 11.9 Å². The van der Waals surface area contributed by atoms with Crippen molar-refractivity contribution in [1.82, 2.24) is 19.8 Å². The van der Waals surface area contributed by atoms with Crippen LogP contribution in [0.2, 0.25) is 5.02 Å². The van der Waals surface area contributed by atoms with Gasteiger partial charge < -0.3 is 14.2 Å². The molecule has 0 unspecified atom stereocenters. The molecular formula is C20H24ClN5O2. The molecule has 1 N–H and O–H groups in total. The van der Waals surface area contributed by atoms with Gasteiger partial charge in [-0.05, 0) is 25.0 Å². The molecule has 1 amide bonds. The standard InChI is InChI=1S/C20H24ClN5O2/c21-19-15-12-26-13-18(27)24-20(26)23-16(15)6-7-17(19)28-11-5-3-1-2-4-9-25-10-8-22-14-25/h6-8,10,14H,1-5,9,11-13H2,(H,23,24,27). The topological polar surface area (TPSA) is 71.8 Å². The fraction of sp³-hybridized carbons (Fsp3) is 0.450. The van der Waals surface area contributed by atoms with E-state index in [1.54, 1.807) is 0 Å². The summed E-state index contributed by atoms with van der Waals surface area (Å²) in [6, 6.07) is 3.77. The molecule has 0 saturated carbocycles. The van der Waals surface area contributed by atoms with Crippen LogP contribution in [0.15, 0.2) is 35.8 Å². The number of carbonyl (C=O) groups excluding carboxylic acids is 1. The lowest BCUT2D eigenvalue weighted by Crippen LogP contribution is -2.32. The Kier molecular flexibility index (Phi) is 5.81. The van der Waals surface area contributed by atoms with Crippen LogP contribution in [0, 0.1) is 0 Å². The van der Waals surface area contributed by atoms with Crippen LogP contribution in [0.1, 0.15) is 37.7 Å². The number of imidazole rings is 1. The molecule has 2 aliphatic rings. The van der Waals surface area contributed by atoms with E-state index in [0.717, 1.165) is 30.6 Å². The number of nitrogens with zero attached hydrogens (tertiary/aromatic N) is 4. The quantitative estimate of drug-likeness (QED) is 0.653. The molecule has 0 radical (unpaired) electrons. The summed E-state index contributed by atoms with van der Waals surface area (Å²) in [5.74, 6) is 1.26. The third-order valence-electron chi connectivity index (χ3n) is 5.02. The number of aromatic nitrogens is 2. The van der Waals surface area contributed by atoms with Gasteiger partial charge in [-0.15, -0.1) is 0 Å². The smallest absolute Gasteiger partial charge is 0.246 e. The number of aryl methyl sites for hydroxylation is 1. The number of halogens is 1. The highest BCUT2D eigenvalue weighted by Crippen LogP contribution is 2.38. The fourth-order valence-corrected chi connectivity index (χ4v) is 3.78. The number of hydrogen-bond acceptors (Lipinski definition) is 5. The zero-order chi connectivity index (χ0) is 19.3. The molecule has 7 nitrogen and oxygen atoms in total. The van der Waals surface area contributed by atoms with E-state index in [1.165, 1.54) is 19.3 Å². The normalized spacial score (nSPS) is 15.1. The molecule has 2 aliphatic heterocycles. The van der Waals surface area contributed by atoms with E-state index < -0.39 is 0 Å². The van der Waals surface area contributed by atoms with E-state index in [2.05, 4.69) is 19.9 Å². The summed E-state index contributed by atoms with van der Waals surface area (Å²) in [6.07, 6.45) is 11.4. The monoisotopic (exact) mass is 401 g/mol. The zero-order valence-corrected chi connectivity index (χ0v) is 16.5. The molecule has 1 fully saturated rings. The van der Waals surface area contributed by atoms with Gasteiger partial charge in [0.15, 0.2) is 0 Å². The summed E-state index contributed by atoms with van der Waals surface area (Å²) in [5, 5.41) is 3.36. The van der Waals surface area contributed by atoms with Crippen LogP contribution in [-0.2, 0) is 17.9 Å². The number of aliphatic imine (C=N–C) groups is 1. The molecule has 1 aromatic heterocycles. The van der Waals surface area contributed by atoms with Crippen LogP contribution in [-0.4, -0.2) is 39.5 Å². The maximum atomic E-state index is 11.5. The molecule has 0 atom stereocenters. The van der Waals surface area contributed by atoms with Gasteiger partial charge in [0.1, 0.15) is 12.3 Å². The first kappa shape index (κ1) is 18.8. The van der Waals surface area contributed by atoms with Crippen LogP contribution in [0.3, 0.4) is 0 Å². The molecule has 1 saturated heterocycles. The van der Waals surface area contributed by atoms with Crippen molar-refractivity contribution in [3.63, 3.8) is 0 Å². The van der Waals surface area contributed by atoms with Gasteiger partial charge in [-0.2, -0.15) is 0 Å². The lowest BCUT2D eigenvalue weighted by atomic mass is 10.1. The van der Waals surface area contributed by atoms with Crippen LogP contribution in [0.5, 0.6) is 5.75 Å². The zero-order valence-electron chi connectivity index (χ0n) is 15.7. The van der Waals surface area contributed by atoms with E-state index in [4.69, 9.17) is 16.3 Å². The molecule has 4 rings (SSSR count). The van der Waals surface area contributed by atoms with Crippen LogP contribution < -0.4 is 10.1 Å². The van der Waals surface area contributed by atoms with E-state index >= 15 is 0 Å². The second kappa shape index (κ2) is 8.65. The van der Waals surface area contributed by atoms with Crippen molar-refractivity contribution in [1.29, 1.82) is 0 Å². The SMILES string of the molecule is O=C1CN2Cc3c(ccc(OCCCCCCCn4ccnc4)c3Cl)N=C2N1. The first-order valence-electron chi connectivity index (χ1n) is 9.74. The van der Waals surface area contributed by atoms with E-state index in [9.17, 15) is 4.79 Å². The van der Waals surface area contributed by atoms with E-state index in [0.29, 0.717) is 36.4 Å². The minimum Gasteiger partial charge on any atom is -0.492 e. The number of hydrogen-bond donors (Lipinski definition) is 1. The first-order chi connectivity index (χ1) is 13.7. The molecule has 0 spiro atoms. The molecule has 0 aliphatic carbocycles. The summed E-state index contributed by atoms with van der Waals surface area (Å²) in [7, 11) is 0. The Balaban J connectivity index is 1.20. The number of benzene rings is 1. The number of amides is 1. The Morgan fingerprint density at radius 1 is 1.14 bits per heavy atom. The van der Waals surface area contributed by atoms with Crippen LogP contribution in [0.4, 0.5) is 5.69 Å². The Morgan fingerprint density at radius 3 is 2.86 bits per heavy atom. The summed E-state index contributed by atoms with van der Waals surface area (Å²) in [4.78, 5) is 22.0. The first-order valence-corrected chi connectivity index (χ1v) is 10.1. The number of rotatable bonds is 9. The Hall–Kier alpha value is -2.54. The van der Waals surface area contributed by atoms with E-state index in [1.807, 2.05) is 35.8 Å². The third-order valence-corrected chi connectivity index (χ3v) is 5.44. The van der Waals surface area contributed by atoms with Gasteiger partial charge in [0, 0.05) is 24.5 Å². The highest BCUT2D eigenvalue weighted by molar-refractivity contribution is 6.33. The maximum Gasteiger partial charge on any atom is 0.246 e. The lowest BCUT2D eigenvalue weighted by Gasteiger charge is -2.24. The predicted octanol–water partition coefficient (Wildman–Crippen LogP) is 3.50. The number of ether oxygens (including phenoxy) is 1. The van der Waals surface area contributed by atoms with Gasteiger partial charge in [0.25, 0.3) is 0 Å². The van der Waals surface area contributed by atoms with Crippen molar-refractivity contribution in [3.05, 3.63) is 41.4 Å². The minimum absolute atomic E-state index is 0.0378. The van der Waals surface area contributed by atoms with Gasteiger partial charge in [-0.25, -0.2) is 9.98 Å². The van der Waals surface area contributed by atoms with Gasteiger partial charge in [0.05, 0.1) is 30.2 Å². The van der Waals surface area contributed by atoms with Crippen LogP contribution >= 0.6 is 11.6 Å². The number of unbranched alkanes of at least 4 members (excludes halogenated alkanes) is 4. The fourth-order valence-electron chi connectivity index (χ4n) is 3.51. The molecule has 8 heteroatoms. The molecule has 148 valence electrons. The lowest BCUT2D eigenvalue weighted by molar-refractivity contribution is -0.118. The molecule has 2 aromatic rings. The number of nitrogens with one attached hydrogen (secondary N) is 1. The summed E-state index contributed by atoms with van der Waals surface area (Å²) < 4.78 is 8.02. The van der Waals surface area contributed by atoms with Crippen molar-refractivity contribution >= 4 is 29.2 Å². The molecule has 28 heavy (non-hydrogen) atoms. The maximum absolute atomic E-state index is 11.5. The minimum atomic E-state index is -0.0378. The van der Waals surface area contributed by atoms with Crippen molar-refractivity contribution in [3.8, 4) is 5.75 Å². The molecule has 1 aromatic carbocycles. The van der Waals surface area contributed by atoms with E-state index in [-0.39, 0.29) is 5.91 Å². The Morgan fingerprint density at radius 2 is 2.00 bits per heavy atom. The summed E-state index contributed by atoms with van der Waals surface area (Å²) >= 11 is 6.55. The van der Waals surface area contributed by atoms with Gasteiger partial charge in [-0.3, -0.25) is 10.1 Å². The average Bonchev–Trinajstić information content (AvgIpc) is 3.32. The van der Waals surface area contributed by atoms with Crippen molar-refractivity contribution in [2.75, 3.05) is 13.2 Å². The average molecular weight is 402 g/mol. The highest BCUT2D eigenvalue weighted by atomic mass is 35.5. The number of fused-ring (bicyclic) bond motifs is 2. The molecular weight excluding hydrogens is 378 g/mol. The summed E-state index contributed by atoms with van der Waals surface area (Å²) in [6.45, 7) is 2.57. The van der Waals surface area contributed by atoms with Crippen molar-refractivity contribution in [2.45, 2.75) is 45.2 Å². The van der Waals surface area contributed by atoms with Crippen molar-refractivity contribution < 1.29 is 9.53 Å². The third kappa shape index (κ3) is 4.30. The highest BCUT2D eigenvalue weighted by Gasteiger charge is 2.30. The van der Waals surface area contributed by atoms with Gasteiger partial charge >= 0.3 is 0 Å². The second-order valence-electron chi connectivity index (χ2n) is 7.13. The van der Waals surface area contributed by atoms with Crippen LogP contribution in [0.25, 0.3) is 0 Å². The molecule has 0 bridgehead atoms. The largest absolute Gasteiger partial charge is 0.492 e. The number of guanidine groups is 1. The molecule has 3 heterocycles. The predicted molar refractivity (Wildman–Crippen MR) is 108 cm³/mol. The summed E-state index contributed by atoms with van der Waals surface area (Å²) in [5.41, 5.74) is 1.71. The number of carbonyl (C=O) groups is 1. The second-order valence-corrected chi connectivity index (χ2v) is 7.51. The Labute approximate surface area is 169 Å². The Bertz CT molecular complexity index is 866. The van der Waals surface area contributed by atoms with Crippen molar-refractivity contribution in [2.24, 2.45) is 4.99 Å². The van der Waals surface area contributed by atoms with Gasteiger partial charge in [-0.1, -0.05) is 30.9 Å².